The smallest absolute Gasteiger partial charge is 0.407 e. The van der Waals surface area contributed by atoms with Crippen LogP contribution in [0.25, 0.3) is 0 Å². The Morgan fingerprint density at radius 2 is 1.91 bits per heavy atom. The molecule has 6 nitrogen and oxygen atoms in total. The maximum atomic E-state index is 11.5. The van der Waals surface area contributed by atoms with Crippen molar-refractivity contribution in [1.29, 1.82) is 5.26 Å². The van der Waals surface area contributed by atoms with E-state index in [9.17, 15) is 15.0 Å². The topological polar surface area (TPSA) is 103 Å². The minimum atomic E-state index is -1.16. The van der Waals surface area contributed by atoms with E-state index in [0.717, 1.165) is 5.56 Å². The quantitative estimate of drug-likeness (QED) is 0.768. The Labute approximate surface area is 130 Å². The lowest BCUT2D eigenvalue weighted by molar-refractivity contribution is 0.0129. The fourth-order valence-electron chi connectivity index (χ4n) is 1.76. The second kappa shape index (κ2) is 7.78. The van der Waals surface area contributed by atoms with Crippen LogP contribution in [0.1, 0.15) is 38.0 Å². The second-order valence-corrected chi connectivity index (χ2v) is 5.97. The molecule has 0 aliphatic heterocycles. The molecule has 2 unspecified atom stereocenters. The van der Waals surface area contributed by atoms with Crippen molar-refractivity contribution in [2.24, 2.45) is 0 Å². The van der Waals surface area contributed by atoms with Crippen LogP contribution >= 0.6 is 0 Å². The molecule has 1 aromatic rings. The van der Waals surface area contributed by atoms with Crippen molar-refractivity contribution >= 4 is 6.09 Å². The number of nitriles is 1. The summed E-state index contributed by atoms with van der Waals surface area (Å²) in [6, 6.07) is 8.76. The second-order valence-electron chi connectivity index (χ2n) is 5.97. The summed E-state index contributed by atoms with van der Waals surface area (Å²) in [7, 11) is 0. The number of alkyl carbamates (subject to hydrolysis) is 1. The Balaban J connectivity index is 2.52. The van der Waals surface area contributed by atoms with Crippen molar-refractivity contribution in [2.75, 3.05) is 6.54 Å². The molecule has 0 saturated carbocycles. The fourth-order valence-corrected chi connectivity index (χ4v) is 1.76. The SMILES string of the molecule is CC(C)(C)OC(=O)NCC(O)C(O)c1ccc(CC#N)cc1. The van der Waals surface area contributed by atoms with Gasteiger partial charge >= 0.3 is 6.09 Å². The molecule has 3 N–H and O–H groups in total. The molecule has 120 valence electrons. The van der Waals surface area contributed by atoms with Gasteiger partial charge in [0.25, 0.3) is 0 Å². The van der Waals surface area contributed by atoms with Crippen molar-refractivity contribution < 1.29 is 19.7 Å². The average molecular weight is 306 g/mol. The largest absolute Gasteiger partial charge is 0.444 e. The normalized spacial score (nSPS) is 13.8. The van der Waals surface area contributed by atoms with Gasteiger partial charge in [-0.05, 0) is 31.9 Å². The number of hydrogen-bond acceptors (Lipinski definition) is 5. The average Bonchev–Trinajstić information content (AvgIpc) is 2.43. The van der Waals surface area contributed by atoms with Gasteiger partial charge < -0.3 is 20.3 Å². The number of rotatable bonds is 5. The molecule has 0 radical (unpaired) electrons. The predicted octanol–water partition coefficient (Wildman–Crippen LogP) is 1.67. The summed E-state index contributed by atoms with van der Waals surface area (Å²) in [4.78, 5) is 11.5. The molecule has 1 rings (SSSR count). The first-order valence-electron chi connectivity index (χ1n) is 7.01. The lowest BCUT2D eigenvalue weighted by atomic mass is 10.0. The monoisotopic (exact) mass is 306 g/mol. The molecule has 0 saturated heterocycles. The van der Waals surface area contributed by atoms with E-state index in [4.69, 9.17) is 10.00 Å². The van der Waals surface area contributed by atoms with E-state index in [1.54, 1.807) is 45.0 Å². The molecule has 0 aliphatic rings. The fraction of sp³-hybridized carbons (Fsp3) is 0.500. The summed E-state index contributed by atoms with van der Waals surface area (Å²) in [5.74, 6) is 0. The summed E-state index contributed by atoms with van der Waals surface area (Å²) < 4.78 is 5.04. The number of ether oxygens (including phenoxy) is 1. The van der Waals surface area contributed by atoms with Crippen LogP contribution in [0, 0.1) is 11.3 Å². The Morgan fingerprint density at radius 1 is 1.32 bits per heavy atom. The highest BCUT2D eigenvalue weighted by Crippen LogP contribution is 2.17. The van der Waals surface area contributed by atoms with E-state index in [1.165, 1.54) is 0 Å². The zero-order valence-corrected chi connectivity index (χ0v) is 13.0. The number of benzene rings is 1. The molecule has 6 heteroatoms. The Bertz CT molecular complexity index is 529. The van der Waals surface area contributed by atoms with Crippen LogP contribution in [0.5, 0.6) is 0 Å². The maximum Gasteiger partial charge on any atom is 0.407 e. The molecule has 0 aromatic heterocycles. The molecule has 0 bridgehead atoms. The molecule has 0 heterocycles. The number of nitrogens with one attached hydrogen (secondary N) is 1. The molecule has 22 heavy (non-hydrogen) atoms. The Kier molecular flexibility index (Phi) is 6.35. The highest BCUT2D eigenvalue weighted by Gasteiger charge is 2.21. The van der Waals surface area contributed by atoms with Crippen LogP contribution in [0.2, 0.25) is 0 Å². The van der Waals surface area contributed by atoms with Crippen molar-refractivity contribution in [2.45, 2.75) is 45.0 Å². The van der Waals surface area contributed by atoms with E-state index in [1.807, 2.05) is 6.07 Å². The molecule has 1 amide bonds. The van der Waals surface area contributed by atoms with Crippen molar-refractivity contribution in [1.82, 2.24) is 5.32 Å². The number of carbonyl (C=O) groups excluding carboxylic acids is 1. The van der Waals surface area contributed by atoms with Crippen LogP contribution in [0.15, 0.2) is 24.3 Å². The first kappa shape index (κ1) is 18.0. The standard InChI is InChI=1S/C16H22N2O4/c1-16(2,3)22-15(21)18-10-13(19)14(20)12-6-4-11(5-7-12)8-9-17/h4-7,13-14,19-20H,8,10H2,1-3H3,(H,18,21). The Morgan fingerprint density at radius 3 is 2.41 bits per heavy atom. The van der Waals surface area contributed by atoms with E-state index in [2.05, 4.69) is 5.32 Å². The number of amides is 1. The third-order valence-electron chi connectivity index (χ3n) is 2.82. The van der Waals surface area contributed by atoms with Crippen molar-refractivity contribution in [3.63, 3.8) is 0 Å². The Hall–Kier alpha value is -2.10. The number of hydrogen-bond donors (Lipinski definition) is 3. The van der Waals surface area contributed by atoms with Gasteiger partial charge in [0.15, 0.2) is 0 Å². The third kappa shape index (κ3) is 6.12. The van der Waals surface area contributed by atoms with Gasteiger partial charge in [-0.15, -0.1) is 0 Å². The molecule has 0 aliphatic carbocycles. The van der Waals surface area contributed by atoms with Crippen molar-refractivity contribution in [3.05, 3.63) is 35.4 Å². The first-order valence-corrected chi connectivity index (χ1v) is 7.01. The van der Waals surface area contributed by atoms with Gasteiger partial charge in [0.05, 0.1) is 12.5 Å². The minimum Gasteiger partial charge on any atom is -0.444 e. The zero-order valence-electron chi connectivity index (χ0n) is 13.0. The van der Waals surface area contributed by atoms with Crippen molar-refractivity contribution in [3.8, 4) is 6.07 Å². The predicted molar refractivity (Wildman–Crippen MR) is 81.0 cm³/mol. The highest BCUT2D eigenvalue weighted by molar-refractivity contribution is 5.67. The lowest BCUT2D eigenvalue weighted by Gasteiger charge is -2.22. The summed E-state index contributed by atoms with van der Waals surface area (Å²) in [5.41, 5.74) is 0.726. The summed E-state index contributed by atoms with van der Waals surface area (Å²) in [6.07, 6.45) is -2.65. The van der Waals surface area contributed by atoms with Crippen LogP contribution in [0.3, 0.4) is 0 Å². The van der Waals surface area contributed by atoms with E-state index in [-0.39, 0.29) is 6.54 Å². The summed E-state index contributed by atoms with van der Waals surface area (Å²) in [6.45, 7) is 5.08. The molecular formula is C16H22N2O4. The molecule has 1 aromatic carbocycles. The molecular weight excluding hydrogens is 284 g/mol. The first-order chi connectivity index (χ1) is 10.2. The van der Waals surface area contributed by atoms with Crippen LogP contribution < -0.4 is 5.32 Å². The van der Waals surface area contributed by atoms with Crippen LogP contribution in [-0.4, -0.2) is 34.6 Å². The van der Waals surface area contributed by atoms with Crippen LogP contribution in [-0.2, 0) is 11.2 Å². The molecule has 0 spiro atoms. The third-order valence-corrected chi connectivity index (χ3v) is 2.82. The van der Waals surface area contributed by atoms with Crippen LogP contribution in [0.4, 0.5) is 4.79 Å². The van der Waals surface area contributed by atoms with Gasteiger partial charge in [-0.1, -0.05) is 24.3 Å². The van der Waals surface area contributed by atoms with Gasteiger partial charge in [0.1, 0.15) is 17.8 Å². The van der Waals surface area contributed by atoms with E-state index < -0.39 is 23.9 Å². The number of aliphatic hydroxyl groups excluding tert-OH is 2. The molecule has 0 fully saturated rings. The number of carbonyl (C=O) groups is 1. The summed E-state index contributed by atoms with van der Waals surface area (Å²) >= 11 is 0. The van der Waals surface area contributed by atoms with Gasteiger partial charge in [-0.2, -0.15) is 5.26 Å². The van der Waals surface area contributed by atoms with E-state index >= 15 is 0 Å². The number of aliphatic hydroxyl groups is 2. The zero-order chi connectivity index (χ0) is 16.8. The van der Waals surface area contributed by atoms with Gasteiger partial charge in [-0.25, -0.2) is 4.79 Å². The van der Waals surface area contributed by atoms with Gasteiger partial charge in [0, 0.05) is 6.54 Å². The van der Waals surface area contributed by atoms with E-state index in [0.29, 0.717) is 12.0 Å². The molecule has 2 atom stereocenters. The lowest BCUT2D eigenvalue weighted by Crippen LogP contribution is -2.38. The van der Waals surface area contributed by atoms with Gasteiger partial charge in [-0.3, -0.25) is 0 Å². The number of nitrogens with zero attached hydrogens (tertiary/aromatic N) is 1. The summed E-state index contributed by atoms with van der Waals surface area (Å²) in [5, 5.41) is 31.0. The maximum absolute atomic E-state index is 11.5. The minimum absolute atomic E-state index is 0.129. The highest BCUT2D eigenvalue weighted by atomic mass is 16.6. The van der Waals surface area contributed by atoms with Gasteiger partial charge in [0.2, 0.25) is 0 Å².